The van der Waals surface area contributed by atoms with Crippen LogP contribution in [0.2, 0.25) is 0 Å². The maximum Gasteiger partial charge on any atom is 0.0795 e. The van der Waals surface area contributed by atoms with Gasteiger partial charge in [-0.2, -0.15) is 0 Å². The highest BCUT2D eigenvalue weighted by molar-refractivity contribution is 7.07. The van der Waals surface area contributed by atoms with Crippen molar-refractivity contribution < 1.29 is 0 Å². The first-order chi connectivity index (χ1) is 8.22. The third-order valence-corrected chi connectivity index (χ3v) is 3.85. The summed E-state index contributed by atoms with van der Waals surface area (Å²) < 4.78 is 0. The van der Waals surface area contributed by atoms with Gasteiger partial charge >= 0.3 is 0 Å². The van der Waals surface area contributed by atoms with E-state index in [-0.39, 0.29) is 6.04 Å². The van der Waals surface area contributed by atoms with Crippen LogP contribution in [0, 0.1) is 0 Å². The molecule has 1 aromatic carbocycles. The summed E-state index contributed by atoms with van der Waals surface area (Å²) in [4.78, 5) is 4.26. The van der Waals surface area contributed by atoms with Crippen LogP contribution in [-0.4, -0.2) is 4.98 Å². The number of hydrogen-bond donors (Lipinski definition) is 1. The molecule has 2 nitrogen and oxygen atoms in total. The number of hydrogen-bond acceptors (Lipinski definition) is 3. The van der Waals surface area contributed by atoms with Crippen LogP contribution >= 0.6 is 11.3 Å². The summed E-state index contributed by atoms with van der Waals surface area (Å²) >= 11 is 1.58. The highest BCUT2D eigenvalue weighted by atomic mass is 32.1. The predicted octanol–water partition coefficient (Wildman–Crippen LogP) is 3.70. The van der Waals surface area contributed by atoms with Gasteiger partial charge in [-0.25, -0.2) is 4.98 Å². The van der Waals surface area contributed by atoms with Gasteiger partial charge in [-0.05, 0) is 23.5 Å². The first kappa shape index (κ1) is 12.3. The summed E-state index contributed by atoms with van der Waals surface area (Å²) in [6, 6.07) is 8.48. The second kappa shape index (κ2) is 5.43. The van der Waals surface area contributed by atoms with Crippen LogP contribution in [-0.2, 0) is 0 Å². The normalized spacial score (nSPS) is 14.5. The molecule has 0 amide bonds. The summed E-state index contributed by atoms with van der Waals surface area (Å²) in [5.74, 6) is 0.611. The summed E-state index contributed by atoms with van der Waals surface area (Å²) in [6.07, 6.45) is 1.16. The molecule has 1 heterocycles. The molecule has 0 aliphatic heterocycles. The van der Waals surface area contributed by atoms with Gasteiger partial charge in [0.05, 0.1) is 17.2 Å². The van der Waals surface area contributed by atoms with Crippen LogP contribution in [0.25, 0.3) is 0 Å². The fraction of sp³-hybridized carbons (Fsp3) is 0.357. The Hall–Kier alpha value is -1.19. The van der Waals surface area contributed by atoms with E-state index < -0.39 is 0 Å². The van der Waals surface area contributed by atoms with Gasteiger partial charge in [-0.1, -0.05) is 38.1 Å². The number of thiazole rings is 1. The lowest BCUT2D eigenvalue weighted by molar-refractivity contribution is 0.731. The number of nitrogens with two attached hydrogens (primary N) is 1. The molecule has 0 saturated heterocycles. The Morgan fingerprint density at radius 1 is 1.24 bits per heavy atom. The second-order valence-electron chi connectivity index (χ2n) is 4.37. The van der Waals surface area contributed by atoms with E-state index in [1.54, 1.807) is 11.3 Å². The average Bonchev–Trinajstić information content (AvgIpc) is 2.91. The molecule has 0 radical (unpaired) electrons. The molecule has 0 aliphatic carbocycles. The van der Waals surface area contributed by atoms with Gasteiger partial charge in [-0.15, -0.1) is 11.3 Å². The minimum absolute atomic E-state index is 0.104. The third-order valence-electron chi connectivity index (χ3n) is 3.25. The fourth-order valence-electron chi connectivity index (χ4n) is 1.81. The van der Waals surface area contributed by atoms with E-state index in [1.807, 2.05) is 10.9 Å². The zero-order valence-electron chi connectivity index (χ0n) is 10.3. The van der Waals surface area contributed by atoms with E-state index in [9.17, 15) is 0 Å². The maximum atomic E-state index is 6.16. The van der Waals surface area contributed by atoms with Crippen molar-refractivity contribution >= 4 is 11.3 Å². The van der Waals surface area contributed by atoms with Crippen molar-refractivity contribution in [2.45, 2.75) is 32.2 Å². The minimum Gasteiger partial charge on any atom is -0.319 e. The van der Waals surface area contributed by atoms with Crippen LogP contribution in [0.4, 0.5) is 0 Å². The number of aromatic nitrogens is 1. The van der Waals surface area contributed by atoms with E-state index in [4.69, 9.17) is 5.73 Å². The molecular weight excluding hydrogens is 228 g/mol. The first-order valence-corrected chi connectivity index (χ1v) is 6.90. The van der Waals surface area contributed by atoms with Crippen LogP contribution in [0.1, 0.15) is 49.0 Å². The lowest BCUT2D eigenvalue weighted by Crippen LogP contribution is -2.12. The highest BCUT2D eigenvalue weighted by Crippen LogP contribution is 2.23. The molecule has 3 heteroatoms. The molecule has 0 aliphatic rings. The Labute approximate surface area is 107 Å². The van der Waals surface area contributed by atoms with Crippen LogP contribution < -0.4 is 5.73 Å². The van der Waals surface area contributed by atoms with Gasteiger partial charge < -0.3 is 5.73 Å². The molecular formula is C14H18N2S. The van der Waals surface area contributed by atoms with Crippen molar-refractivity contribution in [3.63, 3.8) is 0 Å². The fourth-order valence-corrected chi connectivity index (χ4v) is 2.40. The number of nitrogens with zero attached hydrogens (tertiary/aromatic N) is 1. The summed E-state index contributed by atoms with van der Waals surface area (Å²) in [5, 5.41) is 2.01. The van der Waals surface area contributed by atoms with Gasteiger partial charge in [0, 0.05) is 5.38 Å². The van der Waals surface area contributed by atoms with Gasteiger partial charge in [0.25, 0.3) is 0 Å². The second-order valence-corrected chi connectivity index (χ2v) is 5.09. The van der Waals surface area contributed by atoms with Crippen molar-refractivity contribution in [3.8, 4) is 0 Å². The summed E-state index contributed by atoms with van der Waals surface area (Å²) in [7, 11) is 0. The average molecular weight is 246 g/mol. The maximum absolute atomic E-state index is 6.16. The van der Waals surface area contributed by atoms with Gasteiger partial charge in [0.1, 0.15) is 0 Å². The largest absolute Gasteiger partial charge is 0.319 e. The molecule has 17 heavy (non-hydrogen) atoms. The van der Waals surface area contributed by atoms with E-state index in [2.05, 4.69) is 43.1 Å². The molecule has 90 valence electrons. The summed E-state index contributed by atoms with van der Waals surface area (Å²) in [5.41, 5.74) is 11.4. The lowest BCUT2D eigenvalue weighted by atomic mass is 9.96. The molecule has 0 bridgehead atoms. The molecule has 2 aromatic rings. The summed E-state index contributed by atoms with van der Waals surface area (Å²) in [6.45, 7) is 4.45. The predicted molar refractivity (Wildman–Crippen MR) is 73.3 cm³/mol. The minimum atomic E-state index is -0.104. The zero-order chi connectivity index (χ0) is 12.3. The Balaban J connectivity index is 2.18. The quantitative estimate of drug-likeness (QED) is 0.893. The van der Waals surface area contributed by atoms with Crippen LogP contribution in [0.15, 0.2) is 35.2 Å². The molecule has 2 atom stereocenters. The van der Waals surface area contributed by atoms with E-state index >= 15 is 0 Å². The van der Waals surface area contributed by atoms with Gasteiger partial charge in [0.15, 0.2) is 0 Å². The molecule has 2 rings (SSSR count). The van der Waals surface area contributed by atoms with Gasteiger partial charge in [0.2, 0.25) is 0 Å². The molecule has 2 unspecified atom stereocenters. The van der Waals surface area contributed by atoms with Crippen molar-refractivity contribution in [3.05, 3.63) is 52.0 Å². The highest BCUT2D eigenvalue weighted by Gasteiger charge is 2.11. The van der Waals surface area contributed by atoms with Crippen LogP contribution in [0.3, 0.4) is 0 Å². The molecule has 1 aromatic heterocycles. The molecule has 0 saturated carbocycles. The zero-order valence-corrected chi connectivity index (χ0v) is 11.1. The first-order valence-electron chi connectivity index (χ1n) is 5.96. The van der Waals surface area contributed by atoms with Crippen LogP contribution in [0.5, 0.6) is 0 Å². The van der Waals surface area contributed by atoms with Crippen molar-refractivity contribution in [2.75, 3.05) is 0 Å². The van der Waals surface area contributed by atoms with Crippen molar-refractivity contribution in [1.29, 1.82) is 0 Å². The Morgan fingerprint density at radius 2 is 1.88 bits per heavy atom. The SMILES string of the molecule is CCC(C)c1ccc(C(N)c2cscn2)cc1. The standard InChI is InChI=1S/C14H18N2S/c1-3-10(2)11-4-6-12(7-5-11)14(15)13-8-17-9-16-13/h4-10,14H,3,15H2,1-2H3. The smallest absolute Gasteiger partial charge is 0.0795 e. The Morgan fingerprint density at radius 3 is 2.41 bits per heavy atom. The third kappa shape index (κ3) is 2.73. The van der Waals surface area contributed by atoms with Crippen molar-refractivity contribution in [2.24, 2.45) is 5.73 Å². The van der Waals surface area contributed by atoms with E-state index in [0.717, 1.165) is 17.7 Å². The van der Waals surface area contributed by atoms with E-state index in [0.29, 0.717) is 5.92 Å². The topological polar surface area (TPSA) is 38.9 Å². The molecule has 2 N–H and O–H groups in total. The van der Waals surface area contributed by atoms with Gasteiger partial charge in [-0.3, -0.25) is 0 Å². The molecule has 0 fully saturated rings. The molecule has 0 spiro atoms. The van der Waals surface area contributed by atoms with E-state index in [1.165, 1.54) is 5.56 Å². The lowest BCUT2D eigenvalue weighted by Gasteiger charge is -2.12. The number of benzene rings is 1. The Kier molecular flexibility index (Phi) is 3.92. The van der Waals surface area contributed by atoms with Crippen molar-refractivity contribution in [1.82, 2.24) is 4.98 Å². The monoisotopic (exact) mass is 246 g/mol. The Bertz CT molecular complexity index is 448. The number of rotatable bonds is 4.